The molecule has 4 rings (SSSR count). The summed E-state index contributed by atoms with van der Waals surface area (Å²) >= 11 is 1.86. The molecule has 2 aromatic rings. The third-order valence-electron chi connectivity index (χ3n) is 5.52. The summed E-state index contributed by atoms with van der Waals surface area (Å²) in [6.45, 7) is 6.01. The Bertz CT molecular complexity index is 722. The highest BCUT2D eigenvalue weighted by Gasteiger charge is 2.28. The highest BCUT2D eigenvalue weighted by Crippen LogP contribution is 2.47. The van der Waals surface area contributed by atoms with Crippen LogP contribution in [0.5, 0.6) is 0 Å². The molecule has 1 saturated heterocycles. The number of hydrogen-bond donors (Lipinski definition) is 1. The maximum absolute atomic E-state index is 8.94. The molecule has 152 valence electrons. The van der Waals surface area contributed by atoms with Crippen molar-refractivity contribution >= 4 is 35.5 Å². The van der Waals surface area contributed by atoms with E-state index in [-0.39, 0.29) is 19.0 Å². The first kappa shape index (κ1) is 21.5. The largest absolute Gasteiger partial charge is 0.394 e. The number of hydrogen-bond acceptors (Lipinski definition) is 5. The molecule has 0 saturated carbocycles. The van der Waals surface area contributed by atoms with Crippen molar-refractivity contribution in [2.75, 3.05) is 37.7 Å². The van der Waals surface area contributed by atoms with E-state index in [0.717, 1.165) is 32.5 Å². The number of anilines is 2. The summed E-state index contributed by atoms with van der Waals surface area (Å²) in [4.78, 5) is 7.73. The zero-order valence-corrected chi connectivity index (χ0v) is 17.9. The molecule has 6 heteroatoms. The summed E-state index contributed by atoms with van der Waals surface area (Å²) in [5.74, 6) is 0. The first-order chi connectivity index (χ1) is 13.3. The molecule has 28 heavy (non-hydrogen) atoms. The van der Waals surface area contributed by atoms with E-state index in [1.807, 2.05) is 11.8 Å². The van der Waals surface area contributed by atoms with Gasteiger partial charge >= 0.3 is 0 Å². The van der Waals surface area contributed by atoms with Gasteiger partial charge in [-0.15, -0.1) is 12.4 Å². The number of fused-ring (bicyclic) bond motifs is 2. The zero-order chi connectivity index (χ0) is 18.6. The molecule has 0 aliphatic carbocycles. The average molecular weight is 421 g/mol. The Labute approximate surface area is 178 Å². The van der Waals surface area contributed by atoms with Gasteiger partial charge in [-0.25, -0.2) is 0 Å². The number of benzene rings is 2. The molecular formula is C22H29ClN2O2S. The summed E-state index contributed by atoms with van der Waals surface area (Å²) in [5.41, 5.74) is 2.63. The van der Waals surface area contributed by atoms with Crippen LogP contribution >= 0.6 is 24.2 Å². The lowest BCUT2D eigenvalue weighted by Crippen LogP contribution is -2.46. The van der Waals surface area contributed by atoms with E-state index in [4.69, 9.17) is 9.84 Å². The highest BCUT2D eigenvalue weighted by atomic mass is 35.5. The number of aliphatic hydroxyl groups excluding tert-OH is 1. The SMILES string of the molecule is CC(CN1c2ccccc2Sc2ccccc21)N1CCC(OCCO)CC1.Cl. The van der Waals surface area contributed by atoms with Crippen LogP contribution in [0.15, 0.2) is 58.3 Å². The van der Waals surface area contributed by atoms with Gasteiger partial charge in [0, 0.05) is 35.5 Å². The number of aliphatic hydroxyl groups is 1. The van der Waals surface area contributed by atoms with Gasteiger partial charge in [0.15, 0.2) is 0 Å². The lowest BCUT2D eigenvalue weighted by molar-refractivity contribution is -0.0132. The van der Waals surface area contributed by atoms with E-state index < -0.39 is 0 Å². The fraction of sp³-hybridized carbons (Fsp3) is 0.455. The molecule has 2 aromatic carbocycles. The second kappa shape index (κ2) is 9.99. The van der Waals surface area contributed by atoms with E-state index in [9.17, 15) is 0 Å². The number of rotatable bonds is 6. The van der Waals surface area contributed by atoms with Gasteiger partial charge in [-0.2, -0.15) is 0 Å². The Morgan fingerprint density at radius 1 is 1.04 bits per heavy atom. The first-order valence-electron chi connectivity index (χ1n) is 9.86. The van der Waals surface area contributed by atoms with Crippen molar-refractivity contribution in [1.29, 1.82) is 0 Å². The molecule has 1 atom stereocenters. The molecule has 1 N–H and O–H groups in total. The van der Waals surface area contributed by atoms with Gasteiger partial charge in [0.2, 0.25) is 0 Å². The summed E-state index contributed by atoms with van der Waals surface area (Å²) in [5, 5.41) is 8.94. The number of para-hydroxylation sites is 2. The maximum atomic E-state index is 8.94. The minimum atomic E-state index is 0. The molecule has 2 heterocycles. The summed E-state index contributed by atoms with van der Waals surface area (Å²) in [6.07, 6.45) is 2.40. The first-order valence-corrected chi connectivity index (χ1v) is 10.7. The van der Waals surface area contributed by atoms with Gasteiger partial charge in [0.05, 0.1) is 30.7 Å². The van der Waals surface area contributed by atoms with Crippen LogP contribution in [0.25, 0.3) is 0 Å². The lowest BCUT2D eigenvalue weighted by atomic mass is 10.1. The van der Waals surface area contributed by atoms with Gasteiger partial charge in [-0.1, -0.05) is 36.0 Å². The summed E-state index contributed by atoms with van der Waals surface area (Å²) < 4.78 is 5.71. The van der Waals surface area contributed by atoms with Gasteiger partial charge in [0.1, 0.15) is 0 Å². The fourth-order valence-electron chi connectivity index (χ4n) is 4.06. The van der Waals surface area contributed by atoms with Crippen LogP contribution in [-0.4, -0.2) is 55.0 Å². The van der Waals surface area contributed by atoms with Crippen LogP contribution in [0.2, 0.25) is 0 Å². The molecule has 0 bridgehead atoms. The molecule has 1 unspecified atom stereocenters. The Balaban J connectivity index is 0.00000225. The van der Waals surface area contributed by atoms with E-state index >= 15 is 0 Å². The number of nitrogens with zero attached hydrogens (tertiary/aromatic N) is 2. The third kappa shape index (κ3) is 4.66. The van der Waals surface area contributed by atoms with Gasteiger partial charge in [-0.05, 0) is 44.0 Å². The van der Waals surface area contributed by atoms with Crippen LogP contribution < -0.4 is 4.90 Å². The lowest BCUT2D eigenvalue weighted by Gasteiger charge is -2.40. The van der Waals surface area contributed by atoms with E-state index in [1.54, 1.807) is 0 Å². The van der Waals surface area contributed by atoms with Crippen LogP contribution in [0.1, 0.15) is 19.8 Å². The fourth-order valence-corrected chi connectivity index (χ4v) is 5.16. The molecule has 0 amide bonds. The quantitative estimate of drug-likeness (QED) is 0.740. The highest BCUT2D eigenvalue weighted by molar-refractivity contribution is 7.99. The predicted octanol–water partition coefficient (Wildman–Crippen LogP) is 4.57. The Hall–Kier alpha value is -1.24. The zero-order valence-electron chi connectivity index (χ0n) is 16.3. The van der Waals surface area contributed by atoms with Crippen molar-refractivity contribution < 1.29 is 9.84 Å². The molecule has 2 aliphatic rings. The second-order valence-electron chi connectivity index (χ2n) is 7.33. The van der Waals surface area contributed by atoms with Crippen molar-refractivity contribution in [1.82, 2.24) is 4.90 Å². The molecule has 0 radical (unpaired) electrons. The number of halogens is 1. The minimum Gasteiger partial charge on any atom is -0.394 e. The third-order valence-corrected chi connectivity index (χ3v) is 6.65. The number of likely N-dealkylation sites (tertiary alicyclic amines) is 1. The molecule has 0 aromatic heterocycles. The van der Waals surface area contributed by atoms with E-state index in [2.05, 4.69) is 65.3 Å². The summed E-state index contributed by atoms with van der Waals surface area (Å²) in [6, 6.07) is 17.9. The minimum absolute atomic E-state index is 0. The topological polar surface area (TPSA) is 35.9 Å². The van der Waals surface area contributed by atoms with E-state index in [0.29, 0.717) is 18.8 Å². The molecule has 2 aliphatic heterocycles. The monoisotopic (exact) mass is 420 g/mol. The van der Waals surface area contributed by atoms with Gasteiger partial charge in [0.25, 0.3) is 0 Å². The predicted molar refractivity (Wildman–Crippen MR) is 118 cm³/mol. The standard InChI is InChI=1S/C22H28N2O2S.ClH/c1-17(23-12-10-18(11-13-23)26-15-14-25)16-24-19-6-2-4-8-21(19)27-22-9-5-3-7-20(22)24;/h2-9,17-18,25H,10-16H2,1H3;1H. The van der Waals surface area contributed by atoms with Crippen LogP contribution in [-0.2, 0) is 4.74 Å². The number of ether oxygens (including phenoxy) is 1. The Morgan fingerprint density at radius 3 is 2.18 bits per heavy atom. The number of piperidine rings is 1. The molecular weight excluding hydrogens is 392 g/mol. The van der Waals surface area contributed by atoms with Crippen LogP contribution in [0.4, 0.5) is 11.4 Å². The summed E-state index contributed by atoms with van der Waals surface area (Å²) in [7, 11) is 0. The molecule has 1 fully saturated rings. The molecule has 4 nitrogen and oxygen atoms in total. The Morgan fingerprint density at radius 2 is 1.61 bits per heavy atom. The normalized spacial score (nSPS) is 18.1. The van der Waals surface area contributed by atoms with Crippen molar-refractivity contribution in [2.24, 2.45) is 0 Å². The average Bonchev–Trinajstić information content (AvgIpc) is 2.72. The van der Waals surface area contributed by atoms with Crippen molar-refractivity contribution in [2.45, 2.75) is 41.7 Å². The maximum Gasteiger partial charge on any atom is 0.0701 e. The van der Waals surface area contributed by atoms with Crippen molar-refractivity contribution in [3.05, 3.63) is 48.5 Å². The van der Waals surface area contributed by atoms with Gasteiger partial charge in [-0.3, -0.25) is 4.90 Å². The van der Waals surface area contributed by atoms with Crippen LogP contribution in [0, 0.1) is 0 Å². The van der Waals surface area contributed by atoms with Crippen LogP contribution in [0.3, 0.4) is 0 Å². The van der Waals surface area contributed by atoms with Crippen molar-refractivity contribution in [3.8, 4) is 0 Å². The Kier molecular flexibility index (Phi) is 7.66. The van der Waals surface area contributed by atoms with Gasteiger partial charge < -0.3 is 14.7 Å². The second-order valence-corrected chi connectivity index (χ2v) is 8.41. The molecule has 0 spiro atoms. The van der Waals surface area contributed by atoms with Crippen molar-refractivity contribution in [3.63, 3.8) is 0 Å². The smallest absolute Gasteiger partial charge is 0.0701 e. The van der Waals surface area contributed by atoms with E-state index in [1.165, 1.54) is 21.2 Å².